The van der Waals surface area contributed by atoms with E-state index in [2.05, 4.69) is 106 Å². The monoisotopic (exact) mass is 591 g/mol. The van der Waals surface area contributed by atoms with Crippen LogP contribution in [0.4, 0.5) is 0 Å². The van der Waals surface area contributed by atoms with Crippen molar-refractivity contribution < 1.29 is 6.85 Å². The fourth-order valence-electron chi connectivity index (χ4n) is 8.31. The predicted molar refractivity (Wildman–Crippen MR) is 194 cm³/mol. The molecule has 45 heavy (non-hydrogen) atoms. The summed E-state index contributed by atoms with van der Waals surface area (Å²) >= 11 is 1.78. The van der Waals surface area contributed by atoms with Crippen LogP contribution in [0, 0.1) is 0 Å². The summed E-state index contributed by atoms with van der Waals surface area (Å²) in [4.78, 5) is 0. The van der Waals surface area contributed by atoms with E-state index in [-0.39, 0.29) is 35.8 Å². The lowest BCUT2D eigenvalue weighted by Crippen LogP contribution is -1.83. The van der Waals surface area contributed by atoms with Gasteiger partial charge in [-0.2, -0.15) is 0 Å². The van der Waals surface area contributed by atoms with Crippen LogP contribution in [0.5, 0.6) is 0 Å². The van der Waals surface area contributed by atoms with Crippen molar-refractivity contribution in [1.29, 1.82) is 0 Å². The van der Waals surface area contributed by atoms with E-state index < -0.39 is 0 Å². The van der Waals surface area contributed by atoms with E-state index in [1.165, 1.54) is 52.8 Å². The maximum Gasteiger partial charge on any atom is 0.0629 e. The maximum absolute atomic E-state index is 8.92. The number of hydrogen-bond donors (Lipinski definition) is 0. The molecule has 0 aliphatic rings. The topological polar surface area (TPSA) is 8.82 Å². The van der Waals surface area contributed by atoms with Gasteiger partial charge in [-0.05, 0) is 59.7 Å². The molecule has 12 rings (SSSR count). The van der Waals surface area contributed by atoms with E-state index in [9.17, 15) is 0 Å². The van der Waals surface area contributed by atoms with E-state index >= 15 is 0 Å². The van der Waals surface area contributed by atoms with Crippen LogP contribution in [0.25, 0.3) is 107 Å². The normalized spacial score (nSPS) is 14.4. The first-order chi connectivity index (χ1) is 24.4. The molecule has 0 aliphatic carbocycles. The molecule has 5 heterocycles. The molecule has 206 valence electrons. The van der Waals surface area contributed by atoms with Gasteiger partial charge in [0.1, 0.15) is 0 Å². The maximum atomic E-state index is 8.92. The van der Waals surface area contributed by atoms with Gasteiger partial charge < -0.3 is 8.80 Å². The zero-order valence-corrected chi connectivity index (χ0v) is 24.4. The van der Waals surface area contributed by atoms with Crippen LogP contribution in [-0.4, -0.2) is 8.80 Å². The van der Waals surface area contributed by atoms with Gasteiger partial charge >= 0.3 is 0 Å². The molecule has 7 aromatic carbocycles. The van der Waals surface area contributed by atoms with Gasteiger partial charge in [-0.25, -0.2) is 0 Å². The van der Waals surface area contributed by atoms with Crippen molar-refractivity contribution in [2.24, 2.45) is 0 Å². The van der Waals surface area contributed by atoms with Crippen LogP contribution in [0.1, 0.15) is 6.85 Å². The molecule has 12 aromatic rings. The highest BCUT2D eigenvalue weighted by molar-refractivity contribution is 7.26. The minimum Gasteiger partial charge on any atom is -0.308 e. The average Bonchev–Trinajstić information content (AvgIpc) is 3.93. The molecule has 0 spiro atoms. The number of hydrogen-bond acceptors (Lipinski definition) is 1. The lowest BCUT2D eigenvalue weighted by Gasteiger charge is -2.05. The molecule has 0 saturated carbocycles. The Bertz CT molecular complexity index is 3470. The van der Waals surface area contributed by atoms with Crippen molar-refractivity contribution in [2.45, 2.75) is 0 Å². The first-order valence-corrected chi connectivity index (χ1v) is 15.9. The van der Waals surface area contributed by atoms with Gasteiger partial charge in [0.25, 0.3) is 0 Å². The van der Waals surface area contributed by atoms with Crippen molar-refractivity contribution in [3.63, 3.8) is 0 Å². The molecule has 5 aromatic heterocycles. The Labute approximate surface area is 267 Å². The van der Waals surface area contributed by atoms with E-state index in [1.807, 2.05) is 6.07 Å². The fourth-order valence-corrected chi connectivity index (χ4v) is 9.42. The van der Waals surface area contributed by atoms with Gasteiger partial charge in [0, 0.05) is 63.3 Å². The van der Waals surface area contributed by atoms with E-state index in [1.54, 1.807) is 11.3 Å². The van der Waals surface area contributed by atoms with E-state index in [0.29, 0.717) is 5.56 Å². The predicted octanol–water partition coefficient (Wildman–Crippen LogP) is 12.0. The van der Waals surface area contributed by atoms with Crippen molar-refractivity contribution >= 4 is 108 Å². The molecule has 0 N–H and O–H groups in total. The molecule has 0 bridgehead atoms. The summed E-state index contributed by atoms with van der Waals surface area (Å²) in [5, 5.41) is 11.4. The minimum absolute atomic E-state index is 0.193. The number of benzene rings is 7. The van der Waals surface area contributed by atoms with Gasteiger partial charge in [-0.15, -0.1) is 11.3 Å². The molecule has 0 unspecified atom stereocenters. The lowest BCUT2D eigenvalue weighted by atomic mass is 9.97. The summed E-state index contributed by atoms with van der Waals surface area (Å²) in [7, 11) is 0. The second-order valence-corrected chi connectivity index (χ2v) is 13.2. The summed E-state index contributed by atoms with van der Waals surface area (Å²) in [6, 6.07) is 35.4. The quantitative estimate of drug-likeness (QED) is 0.180. The molecule has 0 fully saturated rings. The van der Waals surface area contributed by atoms with Gasteiger partial charge in [-0.1, -0.05) is 84.8 Å². The fraction of sp³-hybridized carbons (Fsp3) is 0. The molecule has 2 nitrogen and oxygen atoms in total. The molecule has 0 aliphatic heterocycles. The Morgan fingerprint density at radius 2 is 1.09 bits per heavy atom. The summed E-state index contributed by atoms with van der Waals surface area (Å²) in [5.41, 5.74) is 7.60. The zero-order chi connectivity index (χ0) is 33.3. The molecule has 0 amide bonds. The highest BCUT2D eigenvalue weighted by Crippen LogP contribution is 2.48. The molecule has 0 saturated heterocycles. The second-order valence-electron chi connectivity index (χ2n) is 12.1. The van der Waals surface area contributed by atoms with Crippen LogP contribution < -0.4 is 0 Å². The zero-order valence-electron chi connectivity index (χ0n) is 28.6. The average molecular weight is 592 g/mol. The van der Waals surface area contributed by atoms with Crippen LogP contribution >= 0.6 is 11.3 Å². The van der Waals surface area contributed by atoms with Gasteiger partial charge in [0.2, 0.25) is 0 Å². The number of rotatable bonds is 1. The Morgan fingerprint density at radius 3 is 1.96 bits per heavy atom. The Balaban J connectivity index is 1.35. The Hall–Kier alpha value is -5.64. The van der Waals surface area contributed by atoms with Crippen molar-refractivity contribution in [3.8, 4) is 11.1 Å². The third-order valence-electron chi connectivity index (χ3n) is 10.0. The third kappa shape index (κ3) is 2.61. The van der Waals surface area contributed by atoms with Crippen LogP contribution in [0.15, 0.2) is 133 Å². The largest absolute Gasteiger partial charge is 0.308 e. The van der Waals surface area contributed by atoms with E-state index in [4.69, 9.17) is 6.85 Å². The van der Waals surface area contributed by atoms with Gasteiger partial charge in [-0.3, -0.25) is 0 Å². The molecular formula is C42H22N2S. The summed E-state index contributed by atoms with van der Waals surface area (Å²) in [6.45, 7) is 0. The molecular weight excluding hydrogens is 565 g/mol. The number of thiophene rings is 1. The molecule has 0 atom stereocenters. The first kappa shape index (κ1) is 18.9. The van der Waals surface area contributed by atoms with E-state index in [0.717, 1.165) is 43.6 Å². The highest BCUT2D eigenvalue weighted by Gasteiger charge is 2.24. The van der Waals surface area contributed by atoms with Crippen molar-refractivity contribution in [3.05, 3.63) is 133 Å². The minimum atomic E-state index is -0.386. The summed E-state index contributed by atoms with van der Waals surface area (Å²) < 4.78 is 50.3. The van der Waals surface area contributed by atoms with Crippen LogP contribution in [-0.2, 0) is 0 Å². The smallest absolute Gasteiger partial charge is 0.0629 e. The van der Waals surface area contributed by atoms with Crippen LogP contribution in [0.3, 0.4) is 0 Å². The molecule has 3 heteroatoms. The van der Waals surface area contributed by atoms with Gasteiger partial charge in [0.05, 0.1) is 40.0 Å². The van der Waals surface area contributed by atoms with Crippen molar-refractivity contribution in [1.82, 2.24) is 8.80 Å². The lowest BCUT2D eigenvalue weighted by molar-refractivity contribution is 1.36. The summed E-state index contributed by atoms with van der Waals surface area (Å²) in [6.07, 6.45) is 0. The highest BCUT2D eigenvalue weighted by atomic mass is 32.1. The van der Waals surface area contributed by atoms with Crippen LogP contribution in [0.2, 0.25) is 0 Å². The standard InChI is InChI=1S/C42H22N2S/c1-2-9-23(10-3-1)24-19-31-30-22-35-29(27-14-8-13-26-25-11-4-6-15-33(25)43(35)41(26)27)21-36(30)44-34-17-18-38-40(39(34)32(20-24)42(31)44)28-12-5-7-16-37(28)45-38/h1-22H/i1D,2D,3D,9D,10D. The number of nitrogens with zero attached hydrogens (tertiary/aromatic N) is 2. The number of aromatic nitrogens is 2. The Kier molecular flexibility index (Phi) is 3.24. The Morgan fingerprint density at radius 1 is 0.422 bits per heavy atom. The van der Waals surface area contributed by atoms with Crippen molar-refractivity contribution in [2.75, 3.05) is 0 Å². The number of fused-ring (bicyclic) bond motifs is 16. The second kappa shape index (κ2) is 7.71. The summed E-state index contributed by atoms with van der Waals surface area (Å²) in [5.74, 6) is 0. The SMILES string of the molecule is [2H]c1c([2H])c([2H])c(-c2cc3c4cc5c(cc4n4c6ccc7sc8ccccc8c7c6c(c2)c34)c2cccc3c4ccccc4n5c32)c([2H])c1[2H]. The third-order valence-corrected chi connectivity index (χ3v) is 11.2. The van der Waals surface area contributed by atoms with Gasteiger partial charge in [0.15, 0.2) is 0 Å². The molecule has 0 radical (unpaired) electrons. The first-order valence-electron chi connectivity index (χ1n) is 17.6. The number of para-hydroxylation sites is 2.